The van der Waals surface area contributed by atoms with Crippen molar-refractivity contribution in [3.8, 4) is 0 Å². The normalized spacial score (nSPS) is 25.8. The van der Waals surface area contributed by atoms with Crippen LogP contribution in [0.5, 0.6) is 0 Å². The maximum Gasteiger partial charge on any atom is 0.250 e. The van der Waals surface area contributed by atoms with Gasteiger partial charge < -0.3 is 15.4 Å². The molecule has 0 aromatic heterocycles. The second-order valence-electron chi connectivity index (χ2n) is 5.52. The first-order valence-corrected chi connectivity index (χ1v) is 7.46. The molecule has 5 heteroatoms. The van der Waals surface area contributed by atoms with E-state index in [0.29, 0.717) is 19.1 Å². The highest BCUT2D eigenvalue weighted by molar-refractivity contribution is 5.85. The second kappa shape index (κ2) is 9.56. The quantitative estimate of drug-likeness (QED) is 0.834. The number of nitrogens with one attached hydrogen (secondary N) is 2. The van der Waals surface area contributed by atoms with Crippen molar-refractivity contribution < 1.29 is 9.53 Å². The summed E-state index contributed by atoms with van der Waals surface area (Å²) in [6.45, 7) is 2.98. The number of hydrogen-bond acceptors (Lipinski definition) is 3. The van der Waals surface area contributed by atoms with E-state index in [1.54, 1.807) is 0 Å². The monoisotopic (exact) mass is 290 g/mol. The van der Waals surface area contributed by atoms with Crippen LogP contribution in [0.2, 0.25) is 0 Å². The van der Waals surface area contributed by atoms with E-state index >= 15 is 0 Å². The van der Waals surface area contributed by atoms with Crippen LogP contribution in [0.4, 0.5) is 0 Å². The minimum atomic E-state index is -0.285. The zero-order valence-electron chi connectivity index (χ0n) is 11.7. The smallest absolute Gasteiger partial charge is 0.250 e. The van der Waals surface area contributed by atoms with E-state index in [1.165, 1.54) is 44.9 Å². The Morgan fingerprint density at radius 1 is 1.16 bits per heavy atom. The Balaban J connectivity index is 0.00000180. The minimum Gasteiger partial charge on any atom is -0.366 e. The van der Waals surface area contributed by atoms with Gasteiger partial charge in [0.15, 0.2) is 0 Å². The van der Waals surface area contributed by atoms with Gasteiger partial charge in [-0.05, 0) is 18.8 Å². The molecule has 112 valence electrons. The van der Waals surface area contributed by atoms with Crippen molar-refractivity contribution in [2.75, 3.05) is 26.2 Å². The zero-order chi connectivity index (χ0) is 12.6. The molecule has 0 aromatic rings. The van der Waals surface area contributed by atoms with Crippen molar-refractivity contribution >= 4 is 18.3 Å². The molecule has 1 saturated heterocycles. The number of carbonyl (C=O) groups is 1. The second-order valence-corrected chi connectivity index (χ2v) is 5.52. The van der Waals surface area contributed by atoms with Gasteiger partial charge in [-0.2, -0.15) is 0 Å². The molecule has 1 heterocycles. The molecule has 2 aliphatic rings. The van der Waals surface area contributed by atoms with Crippen LogP contribution < -0.4 is 10.6 Å². The molecule has 19 heavy (non-hydrogen) atoms. The molecule has 1 amide bonds. The fraction of sp³-hybridized carbons (Fsp3) is 0.929. The molecule has 1 aliphatic carbocycles. The van der Waals surface area contributed by atoms with E-state index in [4.69, 9.17) is 4.74 Å². The standard InChI is InChI=1S/C14H26N2O2.ClH/c17-14(13-11-15-8-9-18-13)16-10-12-6-4-2-1-3-5-7-12;/h12-13,15H,1-11H2,(H,16,17);1H. The summed E-state index contributed by atoms with van der Waals surface area (Å²) in [5, 5.41) is 6.25. The number of ether oxygens (including phenoxy) is 1. The van der Waals surface area contributed by atoms with E-state index in [1.807, 2.05) is 0 Å². The van der Waals surface area contributed by atoms with Gasteiger partial charge in [0.05, 0.1) is 6.61 Å². The van der Waals surface area contributed by atoms with E-state index in [9.17, 15) is 4.79 Å². The molecule has 2 N–H and O–H groups in total. The van der Waals surface area contributed by atoms with Gasteiger partial charge in [-0.3, -0.25) is 4.79 Å². The van der Waals surface area contributed by atoms with Crippen molar-refractivity contribution in [2.45, 2.75) is 51.0 Å². The number of amides is 1. The van der Waals surface area contributed by atoms with Gasteiger partial charge in [0, 0.05) is 19.6 Å². The molecule has 1 aliphatic heterocycles. The summed E-state index contributed by atoms with van der Waals surface area (Å²) in [5.74, 6) is 0.732. The summed E-state index contributed by atoms with van der Waals surface area (Å²) in [6.07, 6.45) is 9.01. The molecule has 0 spiro atoms. The van der Waals surface area contributed by atoms with Crippen LogP contribution in [0.25, 0.3) is 0 Å². The fourth-order valence-electron chi connectivity index (χ4n) is 2.84. The minimum absolute atomic E-state index is 0. The van der Waals surface area contributed by atoms with E-state index in [2.05, 4.69) is 10.6 Å². The van der Waals surface area contributed by atoms with Crippen LogP contribution in [0.15, 0.2) is 0 Å². The SMILES string of the molecule is Cl.O=C(NCC1CCCCCCC1)C1CNCCO1. The molecule has 0 radical (unpaired) electrons. The predicted molar refractivity (Wildman–Crippen MR) is 78.7 cm³/mol. The Morgan fingerprint density at radius 3 is 2.47 bits per heavy atom. The number of halogens is 1. The molecular formula is C14H27ClN2O2. The molecule has 4 nitrogen and oxygen atoms in total. The molecule has 2 fully saturated rings. The molecule has 1 unspecified atom stereocenters. The van der Waals surface area contributed by atoms with Crippen molar-refractivity contribution in [1.82, 2.24) is 10.6 Å². The first-order valence-electron chi connectivity index (χ1n) is 7.46. The van der Waals surface area contributed by atoms with Gasteiger partial charge in [0.25, 0.3) is 0 Å². The van der Waals surface area contributed by atoms with Crippen LogP contribution in [0.3, 0.4) is 0 Å². The van der Waals surface area contributed by atoms with Gasteiger partial charge in [-0.25, -0.2) is 0 Å². The topological polar surface area (TPSA) is 50.4 Å². The molecule has 2 rings (SSSR count). The maximum absolute atomic E-state index is 11.9. The predicted octanol–water partition coefficient (Wildman–Crippen LogP) is 1.87. The lowest BCUT2D eigenvalue weighted by atomic mass is 9.91. The van der Waals surface area contributed by atoms with Gasteiger partial charge in [-0.15, -0.1) is 12.4 Å². The molecular weight excluding hydrogens is 264 g/mol. The summed E-state index contributed by atoms with van der Waals surface area (Å²) in [6, 6.07) is 0. The van der Waals surface area contributed by atoms with Crippen molar-refractivity contribution in [2.24, 2.45) is 5.92 Å². The Kier molecular flexibility index (Phi) is 8.42. The van der Waals surface area contributed by atoms with Crippen LogP contribution in [0, 0.1) is 5.92 Å². The summed E-state index contributed by atoms with van der Waals surface area (Å²) >= 11 is 0. The highest BCUT2D eigenvalue weighted by atomic mass is 35.5. The third-order valence-corrected chi connectivity index (χ3v) is 4.01. The lowest BCUT2D eigenvalue weighted by Crippen LogP contribution is -2.48. The molecule has 1 atom stereocenters. The highest BCUT2D eigenvalue weighted by Gasteiger charge is 2.22. The third kappa shape index (κ3) is 6.11. The van der Waals surface area contributed by atoms with Crippen LogP contribution >= 0.6 is 12.4 Å². The molecule has 0 aromatic carbocycles. The Hall–Kier alpha value is -0.320. The van der Waals surface area contributed by atoms with Crippen LogP contribution in [0.1, 0.15) is 44.9 Å². The van der Waals surface area contributed by atoms with Crippen molar-refractivity contribution in [3.63, 3.8) is 0 Å². The largest absolute Gasteiger partial charge is 0.366 e. The van der Waals surface area contributed by atoms with Gasteiger partial charge in [0.1, 0.15) is 6.10 Å². The lowest BCUT2D eigenvalue weighted by Gasteiger charge is -2.25. The third-order valence-electron chi connectivity index (χ3n) is 4.01. The number of carbonyl (C=O) groups excluding carboxylic acids is 1. The number of rotatable bonds is 3. The van der Waals surface area contributed by atoms with Crippen molar-refractivity contribution in [1.29, 1.82) is 0 Å². The fourth-order valence-corrected chi connectivity index (χ4v) is 2.84. The Labute approximate surface area is 122 Å². The lowest BCUT2D eigenvalue weighted by molar-refractivity contribution is -0.134. The average Bonchev–Trinajstić information content (AvgIpc) is 2.38. The molecule has 0 bridgehead atoms. The van der Waals surface area contributed by atoms with Crippen molar-refractivity contribution in [3.05, 3.63) is 0 Å². The van der Waals surface area contributed by atoms with E-state index in [-0.39, 0.29) is 24.4 Å². The first kappa shape index (κ1) is 16.7. The Bertz CT molecular complexity index is 250. The summed E-state index contributed by atoms with van der Waals surface area (Å²) < 4.78 is 5.45. The highest BCUT2D eigenvalue weighted by Crippen LogP contribution is 2.21. The maximum atomic E-state index is 11.9. The summed E-state index contributed by atoms with van der Waals surface area (Å²) in [5.41, 5.74) is 0. The van der Waals surface area contributed by atoms with Gasteiger partial charge in [-0.1, -0.05) is 32.1 Å². The van der Waals surface area contributed by atoms with Gasteiger partial charge >= 0.3 is 0 Å². The first-order chi connectivity index (χ1) is 8.86. The van der Waals surface area contributed by atoms with E-state index < -0.39 is 0 Å². The number of morpholine rings is 1. The average molecular weight is 291 g/mol. The van der Waals surface area contributed by atoms with Crippen LogP contribution in [-0.4, -0.2) is 38.3 Å². The number of hydrogen-bond donors (Lipinski definition) is 2. The van der Waals surface area contributed by atoms with E-state index in [0.717, 1.165) is 13.1 Å². The van der Waals surface area contributed by atoms with Gasteiger partial charge in [0.2, 0.25) is 5.91 Å². The molecule has 1 saturated carbocycles. The summed E-state index contributed by atoms with van der Waals surface area (Å²) in [4.78, 5) is 11.9. The summed E-state index contributed by atoms with van der Waals surface area (Å²) in [7, 11) is 0. The van der Waals surface area contributed by atoms with Crippen LogP contribution in [-0.2, 0) is 9.53 Å². The Morgan fingerprint density at radius 2 is 1.84 bits per heavy atom. The zero-order valence-corrected chi connectivity index (χ0v) is 12.5.